The van der Waals surface area contributed by atoms with Crippen molar-refractivity contribution in [3.63, 3.8) is 0 Å². The third-order valence-corrected chi connectivity index (χ3v) is 4.01. The molecule has 0 spiro atoms. The lowest BCUT2D eigenvalue weighted by atomic mass is 10.0. The number of unbranched alkanes of at least 4 members (excludes halogenated alkanes) is 4. The minimum atomic E-state index is -1.20. The van der Waals surface area contributed by atoms with Gasteiger partial charge in [0, 0.05) is 6.42 Å². The molecule has 0 aliphatic rings. The van der Waals surface area contributed by atoms with E-state index >= 15 is 0 Å². The van der Waals surface area contributed by atoms with Gasteiger partial charge < -0.3 is 20.1 Å². The van der Waals surface area contributed by atoms with E-state index in [4.69, 9.17) is 0 Å². The second-order valence-electron chi connectivity index (χ2n) is 6.36. The normalized spacial score (nSPS) is 15.7. The predicted octanol–water partition coefficient (Wildman–Crippen LogP) is 3.44. The van der Waals surface area contributed by atoms with Gasteiger partial charge in [-0.05, 0) is 38.5 Å². The molecule has 0 unspecified atom stereocenters. The SMILES string of the molecule is CCCCC/C=C\C[C@@H](O)[C@@H](O)[C@H](O)/C=C\C/C=C\CCCC(=O)OC. The summed E-state index contributed by atoms with van der Waals surface area (Å²) in [6, 6.07) is 0. The third kappa shape index (κ3) is 13.8. The zero-order valence-corrected chi connectivity index (χ0v) is 16.2. The topological polar surface area (TPSA) is 87.0 Å². The van der Waals surface area contributed by atoms with E-state index in [0.717, 1.165) is 25.7 Å². The lowest BCUT2D eigenvalue weighted by Gasteiger charge is -2.19. The minimum absolute atomic E-state index is 0.204. The Balaban J connectivity index is 3.92. The van der Waals surface area contributed by atoms with Gasteiger partial charge in [0.2, 0.25) is 0 Å². The highest BCUT2D eigenvalue weighted by molar-refractivity contribution is 5.69. The van der Waals surface area contributed by atoms with E-state index in [9.17, 15) is 20.1 Å². The maximum Gasteiger partial charge on any atom is 0.305 e. The van der Waals surface area contributed by atoms with Crippen molar-refractivity contribution in [1.29, 1.82) is 0 Å². The van der Waals surface area contributed by atoms with Crippen molar-refractivity contribution in [3.05, 3.63) is 36.5 Å². The van der Waals surface area contributed by atoms with Crippen LogP contribution in [0.3, 0.4) is 0 Å². The second-order valence-corrected chi connectivity index (χ2v) is 6.36. The van der Waals surface area contributed by atoms with Crippen molar-refractivity contribution in [2.24, 2.45) is 0 Å². The van der Waals surface area contributed by atoms with Crippen LogP contribution in [0.15, 0.2) is 36.5 Å². The van der Waals surface area contributed by atoms with E-state index in [1.807, 2.05) is 24.3 Å². The van der Waals surface area contributed by atoms with Gasteiger partial charge in [-0.15, -0.1) is 0 Å². The van der Waals surface area contributed by atoms with Gasteiger partial charge in [0.1, 0.15) is 12.2 Å². The van der Waals surface area contributed by atoms with Gasteiger partial charge in [0.25, 0.3) is 0 Å². The zero-order valence-electron chi connectivity index (χ0n) is 16.2. The highest BCUT2D eigenvalue weighted by atomic mass is 16.5. The Morgan fingerprint density at radius 3 is 2.35 bits per heavy atom. The molecule has 0 saturated carbocycles. The van der Waals surface area contributed by atoms with E-state index in [2.05, 4.69) is 11.7 Å². The monoisotopic (exact) mass is 368 g/mol. The molecule has 0 saturated heterocycles. The number of hydrogen-bond donors (Lipinski definition) is 3. The standard InChI is InChI=1S/C21H36O5/c1-3-4-5-6-9-12-15-18(22)21(25)19(23)16-13-10-7-8-11-14-17-20(24)26-2/h7-9,12-13,16,18-19,21-23,25H,3-6,10-11,14-15,17H2,1-2H3/b8-7-,12-9-,16-13-/t18-,19-,21-/m1/s1. The van der Waals surface area contributed by atoms with Crippen molar-refractivity contribution in [1.82, 2.24) is 0 Å². The first kappa shape index (κ1) is 24.6. The number of aliphatic hydroxyl groups excluding tert-OH is 3. The molecule has 0 amide bonds. The number of aliphatic hydroxyl groups is 3. The van der Waals surface area contributed by atoms with E-state index in [0.29, 0.717) is 19.3 Å². The van der Waals surface area contributed by atoms with Gasteiger partial charge in [-0.2, -0.15) is 0 Å². The Labute approximate surface area is 158 Å². The lowest BCUT2D eigenvalue weighted by Crippen LogP contribution is -2.35. The van der Waals surface area contributed by atoms with Crippen LogP contribution in [0.4, 0.5) is 0 Å². The molecule has 150 valence electrons. The molecular weight excluding hydrogens is 332 g/mol. The van der Waals surface area contributed by atoms with Crippen LogP contribution in [0.25, 0.3) is 0 Å². The number of esters is 1. The first-order valence-electron chi connectivity index (χ1n) is 9.60. The summed E-state index contributed by atoms with van der Waals surface area (Å²) in [6.45, 7) is 2.15. The fraction of sp³-hybridized carbons (Fsp3) is 0.667. The fourth-order valence-corrected chi connectivity index (χ4v) is 2.32. The molecule has 0 radical (unpaired) electrons. The van der Waals surface area contributed by atoms with Crippen molar-refractivity contribution in [2.45, 2.75) is 83.0 Å². The van der Waals surface area contributed by atoms with Crippen LogP contribution >= 0.6 is 0 Å². The molecule has 0 fully saturated rings. The summed E-state index contributed by atoms with van der Waals surface area (Å²) >= 11 is 0. The number of carbonyl (C=O) groups is 1. The molecule has 3 N–H and O–H groups in total. The lowest BCUT2D eigenvalue weighted by molar-refractivity contribution is -0.140. The Hall–Kier alpha value is -1.43. The molecule has 26 heavy (non-hydrogen) atoms. The van der Waals surface area contributed by atoms with Crippen LogP contribution in [0.2, 0.25) is 0 Å². The average molecular weight is 369 g/mol. The summed E-state index contributed by atoms with van der Waals surface area (Å²) < 4.78 is 4.56. The minimum Gasteiger partial charge on any atom is -0.469 e. The summed E-state index contributed by atoms with van der Waals surface area (Å²) in [7, 11) is 1.38. The molecule has 3 atom stereocenters. The smallest absolute Gasteiger partial charge is 0.305 e. The van der Waals surface area contributed by atoms with Gasteiger partial charge in [-0.1, -0.05) is 56.2 Å². The zero-order chi connectivity index (χ0) is 19.6. The second kappa shape index (κ2) is 17.0. The van der Waals surface area contributed by atoms with E-state index in [1.54, 1.807) is 6.08 Å². The number of methoxy groups -OCH3 is 1. The summed E-state index contributed by atoms with van der Waals surface area (Å²) in [5.74, 6) is -0.204. The van der Waals surface area contributed by atoms with Crippen LogP contribution < -0.4 is 0 Å². The highest BCUT2D eigenvalue weighted by Gasteiger charge is 2.21. The van der Waals surface area contributed by atoms with Crippen LogP contribution in [-0.2, 0) is 9.53 Å². The summed E-state index contributed by atoms with van der Waals surface area (Å²) in [5, 5.41) is 29.7. The van der Waals surface area contributed by atoms with Gasteiger partial charge in [0.15, 0.2) is 0 Å². The number of ether oxygens (including phenoxy) is 1. The van der Waals surface area contributed by atoms with Crippen LogP contribution in [-0.4, -0.2) is 46.7 Å². The van der Waals surface area contributed by atoms with Gasteiger partial charge >= 0.3 is 5.97 Å². The molecule has 0 aromatic carbocycles. The molecule has 0 aromatic rings. The largest absolute Gasteiger partial charge is 0.469 e. The average Bonchev–Trinajstić information content (AvgIpc) is 2.65. The Bertz CT molecular complexity index is 428. The molecule has 0 aliphatic heterocycles. The molecule has 5 nitrogen and oxygen atoms in total. The van der Waals surface area contributed by atoms with E-state index in [-0.39, 0.29) is 5.97 Å². The fourth-order valence-electron chi connectivity index (χ4n) is 2.32. The molecule has 0 rings (SSSR count). The van der Waals surface area contributed by atoms with Gasteiger partial charge in [0.05, 0.1) is 13.2 Å². The van der Waals surface area contributed by atoms with Crippen molar-refractivity contribution in [3.8, 4) is 0 Å². The van der Waals surface area contributed by atoms with Gasteiger partial charge in [-0.3, -0.25) is 4.79 Å². The number of rotatable bonds is 15. The molecule has 0 aromatic heterocycles. The Kier molecular flexibility index (Phi) is 16.1. The van der Waals surface area contributed by atoms with E-state index < -0.39 is 18.3 Å². The highest BCUT2D eigenvalue weighted by Crippen LogP contribution is 2.08. The first-order valence-corrected chi connectivity index (χ1v) is 9.60. The molecular formula is C21H36O5. The quantitative estimate of drug-likeness (QED) is 0.234. The molecule has 0 bridgehead atoms. The third-order valence-electron chi connectivity index (χ3n) is 4.01. The Morgan fingerprint density at radius 2 is 1.65 bits per heavy atom. The summed E-state index contributed by atoms with van der Waals surface area (Å²) in [6.07, 6.45) is 15.1. The van der Waals surface area contributed by atoms with Crippen LogP contribution in [0, 0.1) is 0 Å². The molecule has 0 aliphatic carbocycles. The van der Waals surface area contributed by atoms with Crippen molar-refractivity contribution >= 4 is 5.97 Å². The molecule has 0 heterocycles. The number of carbonyl (C=O) groups excluding carboxylic acids is 1. The van der Waals surface area contributed by atoms with Crippen molar-refractivity contribution in [2.75, 3.05) is 7.11 Å². The summed E-state index contributed by atoms with van der Waals surface area (Å²) in [4.78, 5) is 10.9. The van der Waals surface area contributed by atoms with E-state index in [1.165, 1.54) is 26.0 Å². The maximum absolute atomic E-state index is 10.9. The number of hydrogen-bond acceptors (Lipinski definition) is 5. The van der Waals surface area contributed by atoms with Gasteiger partial charge in [-0.25, -0.2) is 0 Å². The predicted molar refractivity (Wildman–Crippen MR) is 105 cm³/mol. The van der Waals surface area contributed by atoms with Crippen LogP contribution in [0.1, 0.15) is 64.7 Å². The molecule has 5 heteroatoms. The summed E-state index contributed by atoms with van der Waals surface area (Å²) in [5.41, 5.74) is 0. The van der Waals surface area contributed by atoms with Crippen molar-refractivity contribution < 1.29 is 24.9 Å². The van der Waals surface area contributed by atoms with Crippen LogP contribution in [0.5, 0.6) is 0 Å². The first-order chi connectivity index (χ1) is 12.5. The maximum atomic E-state index is 10.9. The Morgan fingerprint density at radius 1 is 0.962 bits per heavy atom. The number of allylic oxidation sites excluding steroid dienone is 4.